The van der Waals surface area contributed by atoms with E-state index in [1.807, 2.05) is 18.2 Å². The summed E-state index contributed by atoms with van der Waals surface area (Å²) in [7, 11) is 0. The van der Waals surface area contributed by atoms with Crippen molar-refractivity contribution in [2.45, 2.75) is 6.42 Å². The van der Waals surface area contributed by atoms with Gasteiger partial charge in [-0.05, 0) is 17.2 Å². The molecule has 0 fully saturated rings. The number of benzene rings is 2. The standard InChI is InChI=1S/C13H8Cl3NO2/c14-11-4-2-1-3-8(11)5-10-12(15)6-9(17(18)19)7-13(10)16/h1-4,6-7H,5H2. The molecule has 0 N–H and O–H groups in total. The smallest absolute Gasteiger partial charge is 0.258 e. The van der Waals surface area contributed by atoms with Gasteiger partial charge in [0.25, 0.3) is 5.69 Å². The molecule has 0 aliphatic carbocycles. The molecular weight excluding hydrogens is 309 g/mol. The lowest BCUT2D eigenvalue weighted by atomic mass is 10.0. The summed E-state index contributed by atoms with van der Waals surface area (Å²) in [5, 5.41) is 11.8. The van der Waals surface area contributed by atoms with Gasteiger partial charge in [0.15, 0.2) is 0 Å². The van der Waals surface area contributed by atoms with Gasteiger partial charge in [-0.3, -0.25) is 10.1 Å². The zero-order valence-electron chi connectivity index (χ0n) is 9.57. The van der Waals surface area contributed by atoms with Crippen molar-refractivity contribution in [3.63, 3.8) is 0 Å². The van der Waals surface area contributed by atoms with E-state index in [2.05, 4.69) is 0 Å². The van der Waals surface area contributed by atoms with E-state index in [1.54, 1.807) is 6.07 Å². The molecule has 0 heterocycles. The molecule has 0 spiro atoms. The molecule has 19 heavy (non-hydrogen) atoms. The number of nitro benzene ring substituents is 1. The van der Waals surface area contributed by atoms with Crippen LogP contribution in [0.15, 0.2) is 36.4 Å². The first-order valence-electron chi connectivity index (χ1n) is 5.34. The van der Waals surface area contributed by atoms with Crippen LogP contribution < -0.4 is 0 Å². The first-order chi connectivity index (χ1) is 8.99. The van der Waals surface area contributed by atoms with Gasteiger partial charge in [0.2, 0.25) is 0 Å². The van der Waals surface area contributed by atoms with Crippen LogP contribution in [0.1, 0.15) is 11.1 Å². The van der Waals surface area contributed by atoms with Crippen LogP contribution in [-0.2, 0) is 6.42 Å². The Morgan fingerprint density at radius 3 is 2.11 bits per heavy atom. The second kappa shape index (κ2) is 5.78. The van der Waals surface area contributed by atoms with Crippen molar-refractivity contribution in [1.82, 2.24) is 0 Å². The van der Waals surface area contributed by atoms with E-state index in [0.717, 1.165) is 5.56 Å². The Bertz CT molecular complexity index is 621. The van der Waals surface area contributed by atoms with Crippen molar-refractivity contribution in [3.8, 4) is 0 Å². The number of nitro groups is 1. The van der Waals surface area contributed by atoms with Crippen LogP contribution in [0.5, 0.6) is 0 Å². The van der Waals surface area contributed by atoms with E-state index in [0.29, 0.717) is 17.0 Å². The van der Waals surface area contributed by atoms with E-state index < -0.39 is 4.92 Å². The normalized spacial score (nSPS) is 10.5. The van der Waals surface area contributed by atoms with Crippen molar-refractivity contribution in [3.05, 3.63) is 72.7 Å². The number of hydrogen-bond donors (Lipinski definition) is 0. The van der Waals surface area contributed by atoms with Crippen LogP contribution >= 0.6 is 34.8 Å². The van der Waals surface area contributed by atoms with Crippen molar-refractivity contribution in [1.29, 1.82) is 0 Å². The van der Waals surface area contributed by atoms with Gasteiger partial charge < -0.3 is 0 Å². The molecule has 6 heteroatoms. The van der Waals surface area contributed by atoms with Crippen molar-refractivity contribution >= 4 is 40.5 Å². The van der Waals surface area contributed by atoms with E-state index in [1.165, 1.54) is 12.1 Å². The number of non-ortho nitro benzene ring substituents is 1. The molecule has 2 aromatic carbocycles. The van der Waals surface area contributed by atoms with Crippen LogP contribution in [-0.4, -0.2) is 4.92 Å². The SMILES string of the molecule is O=[N+]([O-])c1cc(Cl)c(Cc2ccccc2Cl)c(Cl)c1. The number of rotatable bonds is 3. The minimum atomic E-state index is -0.531. The predicted octanol–water partition coefficient (Wildman–Crippen LogP) is 5.15. The highest BCUT2D eigenvalue weighted by atomic mass is 35.5. The topological polar surface area (TPSA) is 43.1 Å². The fourth-order valence-corrected chi connectivity index (χ4v) is 2.51. The quantitative estimate of drug-likeness (QED) is 0.581. The van der Waals surface area contributed by atoms with Gasteiger partial charge in [0.1, 0.15) is 0 Å². The third-order valence-corrected chi connectivity index (χ3v) is 3.70. The van der Waals surface area contributed by atoms with Crippen molar-refractivity contribution in [2.24, 2.45) is 0 Å². The van der Waals surface area contributed by atoms with Crippen molar-refractivity contribution in [2.75, 3.05) is 0 Å². The predicted molar refractivity (Wildman–Crippen MR) is 77.4 cm³/mol. The third kappa shape index (κ3) is 3.18. The molecule has 0 atom stereocenters. The summed E-state index contributed by atoms with van der Waals surface area (Å²) in [6, 6.07) is 9.89. The Morgan fingerprint density at radius 2 is 1.58 bits per heavy atom. The summed E-state index contributed by atoms with van der Waals surface area (Å²) in [6.45, 7) is 0. The number of nitrogens with zero attached hydrogens (tertiary/aromatic N) is 1. The van der Waals surface area contributed by atoms with Gasteiger partial charge >= 0.3 is 0 Å². The fourth-order valence-electron chi connectivity index (χ4n) is 1.70. The summed E-state index contributed by atoms with van der Waals surface area (Å²) >= 11 is 18.2. The Labute approximate surface area is 124 Å². The molecule has 0 radical (unpaired) electrons. The van der Waals surface area contributed by atoms with Crippen molar-refractivity contribution < 1.29 is 4.92 Å². The summed E-state index contributed by atoms with van der Waals surface area (Å²) in [4.78, 5) is 10.2. The van der Waals surface area contributed by atoms with E-state index in [9.17, 15) is 10.1 Å². The van der Waals surface area contributed by atoms with Crippen LogP contribution in [0, 0.1) is 10.1 Å². The summed E-state index contributed by atoms with van der Waals surface area (Å²) < 4.78 is 0. The molecule has 0 bridgehead atoms. The Hall–Kier alpha value is -1.29. The fraction of sp³-hybridized carbons (Fsp3) is 0.0769. The van der Waals surface area contributed by atoms with Crippen LogP contribution in [0.3, 0.4) is 0 Å². The molecular formula is C13H8Cl3NO2. The second-order valence-electron chi connectivity index (χ2n) is 3.91. The molecule has 2 aromatic rings. The number of hydrogen-bond acceptors (Lipinski definition) is 2. The molecule has 0 unspecified atom stereocenters. The molecule has 0 aliphatic heterocycles. The minimum Gasteiger partial charge on any atom is -0.258 e. The zero-order valence-corrected chi connectivity index (χ0v) is 11.8. The second-order valence-corrected chi connectivity index (χ2v) is 5.13. The zero-order chi connectivity index (χ0) is 14.0. The monoisotopic (exact) mass is 315 g/mol. The lowest BCUT2D eigenvalue weighted by molar-refractivity contribution is -0.384. The average molecular weight is 317 g/mol. The lowest BCUT2D eigenvalue weighted by Crippen LogP contribution is -1.95. The highest BCUT2D eigenvalue weighted by Gasteiger charge is 2.15. The lowest BCUT2D eigenvalue weighted by Gasteiger charge is -2.08. The van der Waals surface area contributed by atoms with Crippen LogP contribution in [0.25, 0.3) is 0 Å². The van der Waals surface area contributed by atoms with Gasteiger partial charge in [-0.25, -0.2) is 0 Å². The van der Waals surface area contributed by atoms with E-state index >= 15 is 0 Å². The van der Waals surface area contributed by atoms with Crippen LogP contribution in [0.4, 0.5) is 5.69 Å². The summed E-state index contributed by atoms with van der Waals surface area (Å²) in [6.07, 6.45) is 0.426. The largest absolute Gasteiger partial charge is 0.272 e. The maximum atomic E-state index is 10.7. The Balaban J connectivity index is 2.42. The molecule has 0 saturated heterocycles. The highest BCUT2D eigenvalue weighted by molar-refractivity contribution is 6.36. The van der Waals surface area contributed by atoms with Gasteiger partial charge in [0.05, 0.1) is 15.0 Å². The van der Waals surface area contributed by atoms with Crippen LogP contribution in [0.2, 0.25) is 15.1 Å². The Kier molecular flexibility index (Phi) is 4.30. The van der Waals surface area contributed by atoms with E-state index in [4.69, 9.17) is 34.8 Å². The highest BCUT2D eigenvalue weighted by Crippen LogP contribution is 2.33. The molecule has 0 aliphatic rings. The molecule has 3 nitrogen and oxygen atoms in total. The summed E-state index contributed by atoms with van der Waals surface area (Å²) in [5.74, 6) is 0. The Morgan fingerprint density at radius 1 is 1.00 bits per heavy atom. The average Bonchev–Trinajstić information content (AvgIpc) is 2.35. The van der Waals surface area contributed by atoms with Gasteiger partial charge in [-0.1, -0.05) is 53.0 Å². The maximum Gasteiger partial charge on any atom is 0.272 e. The van der Waals surface area contributed by atoms with Gasteiger partial charge in [-0.2, -0.15) is 0 Å². The number of halogens is 3. The van der Waals surface area contributed by atoms with Gasteiger partial charge in [-0.15, -0.1) is 0 Å². The first-order valence-corrected chi connectivity index (χ1v) is 6.48. The van der Waals surface area contributed by atoms with E-state index in [-0.39, 0.29) is 15.7 Å². The molecule has 2 rings (SSSR count). The maximum absolute atomic E-state index is 10.7. The van der Waals surface area contributed by atoms with Gasteiger partial charge in [0, 0.05) is 23.6 Å². The third-order valence-electron chi connectivity index (χ3n) is 2.66. The molecule has 0 saturated carbocycles. The molecule has 0 aromatic heterocycles. The molecule has 0 amide bonds. The first kappa shape index (κ1) is 14.1. The summed E-state index contributed by atoms with van der Waals surface area (Å²) in [5.41, 5.74) is 1.36. The minimum absolute atomic E-state index is 0.127. The molecule has 98 valence electrons.